The maximum atomic E-state index is 13.4. The fourth-order valence-electron chi connectivity index (χ4n) is 5.93. The first-order valence-electron chi connectivity index (χ1n) is 14.5. The number of carbonyl (C=O) groups excluding carboxylic acids is 1. The number of aromatic amines is 1. The molecule has 4 N–H and O–H groups in total. The van der Waals surface area contributed by atoms with Gasteiger partial charge in [0, 0.05) is 42.0 Å². The first kappa shape index (κ1) is 29.0. The van der Waals surface area contributed by atoms with Gasteiger partial charge >= 0.3 is 5.97 Å². The third kappa shape index (κ3) is 6.20. The van der Waals surface area contributed by atoms with Gasteiger partial charge in [0.2, 0.25) is 0 Å². The summed E-state index contributed by atoms with van der Waals surface area (Å²) in [7, 11) is 3.26. The Hall–Kier alpha value is -4.06. The molecule has 0 radical (unpaired) electrons. The van der Waals surface area contributed by atoms with E-state index in [4.69, 9.17) is 14.2 Å². The van der Waals surface area contributed by atoms with Gasteiger partial charge in [0.05, 0.1) is 25.8 Å². The number of methoxy groups -OCH3 is 2. The average molecular weight is 605 g/mol. The topological polar surface area (TPSA) is 125 Å². The van der Waals surface area contributed by atoms with E-state index in [0.29, 0.717) is 48.9 Å². The second-order valence-corrected chi connectivity index (χ2v) is 11.9. The second kappa shape index (κ2) is 12.7. The monoisotopic (exact) mass is 604 g/mol. The van der Waals surface area contributed by atoms with E-state index in [2.05, 4.69) is 20.5 Å². The molecule has 10 nitrogen and oxygen atoms in total. The molecule has 2 aliphatic heterocycles. The number of hydrogen-bond donors (Lipinski definition) is 4. The lowest BCUT2D eigenvalue weighted by molar-refractivity contribution is 0.0344. The molecular weight excluding hydrogens is 568 g/mol. The van der Waals surface area contributed by atoms with Crippen LogP contribution in [-0.4, -0.2) is 67.0 Å². The van der Waals surface area contributed by atoms with Crippen molar-refractivity contribution in [3.63, 3.8) is 0 Å². The Morgan fingerprint density at radius 1 is 1.09 bits per heavy atom. The number of amides is 1. The summed E-state index contributed by atoms with van der Waals surface area (Å²) in [5.41, 5.74) is 3.55. The second-order valence-electron chi connectivity index (χ2n) is 10.9. The number of carboxylic acid groups (broad SMARTS) is 1. The first-order valence-corrected chi connectivity index (χ1v) is 15.3. The number of fused-ring (bicyclic) bond motifs is 2. The number of anilines is 1. The highest BCUT2D eigenvalue weighted by Gasteiger charge is 2.35. The SMILES string of the molecule is COc1ccc(CN2CCc3c(sc(NC4CCCCO4)c3C(=O)O)C2CNC(=O)c2cc3cc(OC)ccc3[nH]2)cc1. The fraction of sp³-hybridized carbons (Fsp3) is 0.375. The van der Waals surface area contributed by atoms with Crippen LogP contribution in [-0.2, 0) is 17.7 Å². The van der Waals surface area contributed by atoms with Gasteiger partial charge in [0.25, 0.3) is 5.91 Å². The van der Waals surface area contributed by atoms with Gasteiger partial charge in [0.1, 0.15) is 28.4 Å². The summed E-state index contributed by atoms with van der Waals surface area (Å²) in [6.45, 7) is 2.28. The number of carbonyl (C=O) groups is 2. The third-order valence-electron chi connectivity index (χ3n) is 8.19. The molecule has 11 heteroatoms. The highest BCUT2D eigenvalue weighted by atomic mass is 32.1. The van der Waals surface area contributed by atoms with E-state index in [1.807, 2.05) is 48.5 Å². The Morgan fingerprint density at radius 2 is 1.88 bits per heavy atom. The molecule has 226 valence electrons. The molecule has 4 heterocycles. The number of hydrogen-bond acceptors (Lipinski definition) is 8. The average Bonchev–Trinajstić information content (AvgIpc) is 3.62. The van der Waals surface area contributed by atoms with Crippen LogP contribution < -0.4 is 20.1 Å². The lowest BCUT2D eigenvalue weighted by Crippen LogP contribution is -2.41. The van der Waals surface area contributed by atoms with Gasteiger partial charge in [-0.05, 0) is 73.2 Å². The fourth-order valence-corrected chi connectivity index (χ4v) is 7.35. The zero-order valence-corrected chi connectivity index (χ0v) is 25.1. The van der Waals surface area contributed by atoms with Gasteiger partial charge in [-0.1, -0.05) is 12.1 Å². The molecule has 2 aromatic carbocycles. The lowest BCUT2D eigenvalue weighted by Gasteiger charge is -2.36. The maximum Gasteiger partial charge on any atom is 0.338 e. The van der Waals surface area contributed by atoms with Crippen LogP contribution in [0.2, 0.25) is 0 Å². The number of rotatable bonds is 10. The molecule has 1 fully saturated rings. The van der Waals surface area contributed by atoms with Crippen LogP contribution >= 0.6 is 11.3 Å². The highest BCUT2D eigenvalue weighted by Crippen LogP contribution is 2.43. The van der Waals surface area contributed by atoms with Crippen molar-refractivity contribution < 1.29 is 28.9 Å². The number of H-pyrrole nitrogens is 1. The smallest absolute Gasteiger partial charge is 0.338 e. The zero-order valence-electron chi connectivity index (χ0n) is 24.3. The zero-order chi connectivity index (χ0) is 29.9. The minimum atomic E-state index is -0.948. The molecule has 0 spiro atoms. The molecular formula is C32H36N4O6S. The van der Waals surface area contributed by atoms with Gasteiger partial charge in [-0.3, -0.25) is 9.69 Å². The summed E-state index contributed by atoms with van der Waals surface area (Å²) in [4.78, 5) is 32.4. The molecule has 0 saturated carbocycles. The molecule has 4 aromatic rings. The molecule has 6 rings (SSSR count). The molecule has 1 amide bonds. The van der Waals surface area contributed by atoms with E-state index in [-0.39, 0.29) is 18.2 Å². The van der Waals surface area contributed by atoms with E-state index < -0.39 is 5.97 Å². The van der Waals surface area contributed by atoms with Crippen molar-refractivity contribution in [3.05, 3.63) is 75.8 Å². The van der Waals surface area contributed by atoms with Gasteiger partial charge in [-0.2, -0.15) is 0 Å². The van der Waals surface area contributed by atoms with Gasteiger partial charge in [0.15, 0.2) is 0 Å². The Morgan fingerprint density at radius 3 is 2.60 bits per heavy atom. The summed E-state index contributed by atoms with van der Waals surface area (Å²) < 4.78 is 16.5. The van der Waals surface area contributed by atoms with Gasteiger partial charge in [-0.25, -0.2) is 4.79 Å². The summed E-state index contributed by atoms with van der Waals surface area (Å²) in [5, 5.41) is 18.3. The number of benzene rings is 2. The van der Waals surface area contributed by atoms with Crippen LogP contribution in [0.1, 0.15) is 62.2 Å². The number of aromatic carboxylic acids is 1. The summed E-state index contributed by atoms with van der Waals surface area (Å²) in [6, 6.07) is 15.2. The van der Waals surface area contributed by atoms with Crippen LogP contribution in [0.4, 0.5) is 5.00 Å². The quantitative estimate of drug-likeness (QED) is 0.189. The van der Waals surface area contributed by atoms with Gasteiger partial charge < -0.3 is 34.9 Å². The molecule has 0 bridgehead atoms. The van der Waals surface area contributed by atoms with Crippen molar-refractivity contribution in [2.45, 2.75) is 44.5 Å². The standard InChI is InChI=1S/C32H36N4O6S/c1-40-21-8-6-19(7-9-21)18-36-13-12-23-28(32(38)39)31(35-27-5-3-4-14-42-27)43-29(23)26(36)17-33-30(37)25-16-20-15-22(41-2)10-11-24(20)34-25/h6-11,15-16,26-27,34-35H,3-5,12-14,17-18H2,1-2H3,(H,33,37)(H,38,39). The summed E-state index contributed by atoms with van der Waals surface area (Å²) >= 11 is 1.46. The minimum absolute atomic E-state index is 0.207. The normalized spacial score (nSPS) is 18.7. The van der Waals surface area contributed by atoms with Crippen molar-refractivity contribution in [3.8, 4) is 11.5 Å². The van der Waals surface area contributed by atoms with E-state index in [9.17, 15) is 14.7 Å². The Balaban J connectivity index is 1.29. The van der Waals surface area contributed by atoms with E-state index in [1.54, 1.807) is 14.2 Å². The molecule has 2 unspecified atom stereocenters. The predicted octanol–water partition coefficient (Wildman–Crippen LogP) is 5.41. The van der Waals surface area contributed by atoms with Gasteiger partial charge in [-0.15, -0.1) is 11.3 Å². The van der Waals surface area contributed by atoms with Crippen molar-refractivity contribution in [2.24, 2.45) is 0 Å². The minimum Gasteiger partial charge on any atom is -0.497 e. The van der Waals surface area contributed by atoms with E-state index in [0.717, 1.165) is 57.7 Å². The number of nitrogens with zero attached hydrogens (tertiary/aromatic N) is 1. The Kier molecular flexibility index (Phi) is 8.55. The van der Waals surface area contributed by atoms with Crippen LogP contribution in [0.5, 0.6) is 11.5 Å². The molecule has 2 aromatic heterocycles. The number of aromatic nitrogens is 1. The first-order chi connectivity index (χ1) is 20.9. The number of thiophene rings is 1. The number of carboxylic acids is 1. The summed E-state index contributed by atoms with van der Waals surface area (Å²) in [6.07, 6.45) is 3.28. The highest BCUT2D eigenvalue weighted by molar-refractivity contribution is 7.16. The molecule has 1 saturated heterocycles. The molecule has 43 heavy (non-hydrogen) atoms. The Labute approximate surface area is 253 Å². The maximum absolute atomic E-state index is 13.4. The van der Waals surface area contributed by atoms with E-state index >= 15 is 0 Å². The van der Waals surface area contributed by atoms with E-state index in [1.165, 1.54) is 11.3 Å². The van der Waals surface area contributed by atoms with Crippen LogP contribution in [0.3, 0.4) is 0 Å². The molecule has 2 aliphatic rings. The summed E-state index contributed by atoms with van der Waals surface area (Å²) in [5.74, 6) is 0.332. The third-order valence-corrected chi connectivity index (χ3v) is 9.45. The van der Waals surface area contributed by atoms with Crippen LogP contribution in [0, 0.1) is 0 Å². The largest absolute Gasteiger partial charge is 0.497 e. The van der Waals surface area contributed by atoms with Crippen molar-refractivity contribution in [2.75, 3.05) is 39.2 Å². The van der Waals surface area contributed by atoms with Crippen LogP contribution in [0.25, 0.3) is 10.9 Å². The van der Waals surface area contributed by atoms with Crippen LogP contribution in [0.15, 0.2) is 48.5 Å². The predicted molar refractivity (Wildman–Crippen MR) is 166 cm³/mol. The number of ether oxygens (including phenoxy) is 3. The van der Waals surface area contributed by atoms with Crippen molar-refractivity contribution in [1.29, 1.82) is 0 Å². The van der Waals surface area contributed by atoms with Crippen molar-refractivity contribution in [1.82, 2.24) is 15.2 Å². The lowest BCUT2D eigenvalue weighted by atomic mass is 9.96. The molecule has 0 aliphatic carbocycles. The van der Waals surface area contributed by atoms with Crippen molar-refractivity contribution >= 4 is 39.1 Å². The molecule has 2 atom stereocenters. The Bertz CT molecular complexity index is 1610. The number of nitrogens with one attached hydrogen (secondary N) is 3.